The van der Waals surface area contributed by atoms with Crippen LogP contribution in [0.2, 0.25) is 0 Å². The minimum atomic E-state index is 0.0488. The van der Waals surface area contributed by atoms with Gasteiger partial charge in [0.1, 0.15) is 0 Å². The second-order valence-electron chi connectivity index (χ2n) is 18.6. The molecule has 0 heterocycles. The lowest BCUT2D eigenvalue weighted by atomic mass is 9.62. The standard InChI is InChI=1S/C39H64/c1-25(28-24-27(34(2,3)4)20-21-29(28)35(5,6)7)22-26-23-30(36(8,9)10)32(38(14,15)16)33(39(17,18)19)31(26)37(11,12)13/h20-21,23-25H,22H2,1-19H3. The zero-order valence-corrected chi connectivity index (χ0v) is 29.6. The van der Waals surface area contributed by atoms with Crippen LogP contribution in [0.3, 0.4) is 0 Å². The van der Waals surface area contributed by atoms with Gasteiger partial charge in [-0.25, -0.2) is 0 Å². The first-order valence-electron chi connectivity index (χ1n) is 15.4. The van der Waals surface area contributed by atoms with Crippen molar-refractivity contribution in [3.8, 4) is 0 Å². The molecular formula is C39H64. The van der Waals surface area contributed by atoms with Crippen molar-refractivity contribution < 1.29 is 0 Å². The minimum absolute atomic E-state index is 0.0488. The summed E-state index contributed by atoms with van der Waals surface area (Å²) in [7, 11) is 0. The van der Waals surface area contributed by atoms with Gasteiger partial charge in [0.05, 0.1) is 0 Å². The van der Waals surface area contributed by atoms with Gasteiger partial charge in [-0.15, -0.1) is 0 Å². The normalized spacial score (nSPS) is 15.1. The van der Waals surface area contributed by atoms with Crippen LogP contribution in [0, 0.1) is 0 Å². The summed E-state index contributed by atoms with van der Waals surface area (Å²) < 4.78 is 0. The molecule has 2 aromatic rings. The topological polar surface area (TPSA) is 0 Å². The zero-order chi connectivity index (χ0) is 30.7. The molecule has 2 aromatic carbocycles. The van der Waals surface area contributed by atoms with Crippen molar-refractivity contribution in [3.63, 3.8) is 0 Å². The van der Waals surface area contributed by atoms with Crippen LogP contribution in [-0.2, 0) is 38.9 Å². The maximum atomic E-state index is 2.62. The van der Waals surface area contributed by atoms with E-state index in [9.17, 15) is 0 Å². The molecule has 0 spiro atoms. The molecule has 0 aliphatic carbocycles. The van der Waals surface area contributed by atoms with Crippen LogP contribution in [0.1, 0.15) is 182 Å². The molecule has 0 saturated carbocycles. The van der Waals surface area contributed by atoms with Gasteiger partial charge < -0.3 is 0 Å². The molecule has 2 rings (SSSR count). The summed E-state index contributed by atoms with van der Waals surface area (Å²) in [5, 5.41) is 0. The molecule has 0 radical (unpaired) electrons. The molecule has 220 valence electrons. The summed E-state index contributed by atoms with van der Waals surface area (Å²) in [5.41, 5.74) is 12.7. The Morgan fingerprint density at radius 2 is 0.897 bits per heavy atom. The van der Waals surface area contributed by atoms with Crippen LogP contribution in [0.4, 0.5) is 0 Å². The Bertz CT molecular complexity index is 1160. The lowest BCUT2D eigenvalue weighted by molar-refractivity contribution is 0.472. The monoisotopic (exact) mass is 533 g/mol. The highest BCUT2D eigenvalue weighted by Gasteiger charge is 2.38. The van der Waals surface area contributed by atoms with Crippen molar-refractivity contribution in [1.82, 2.24) is 0 Å². The number of hydrogen-bond acceptors (Lipinski definition) is 0. The number of rotatable bonds is 3. The minimum Gasteiger partial charge on any atom is -0.0582 e. The summed E-state index contributed by atoms with van der Waals surface area (Å²) in [4.78, 5) is 0. The number of hydrogen-bond donors (Lipinski definition) is 0. The van der Waals surface area contributed by atoms with E-state index in [-0.39, 0.29) is 32.5 Å². The summed E-state index contributed by atoms with van der Waals surface area (Å²) >= 11 is 0. The van der Waals surface area contributed by atoms with E-state index in [0.29, 0.717) is 5.92 Å². The van der Waals surface area contributed by atoms with Gasteiger partial charge in [0.2, 0.25) is 0 Å². The highest BCUT2D eigenvalue weighted by Crippen LogP contribution is 2.48. The molecule has 0 aliphatic heterocycles. The first kappa shape index (κ1) is 33.6. The third kappa shape index (κ3) is 7.59. The molecule has 1 unspecified atom stereocenters. The third-order valence-electron chi connectivity index (χ3n) is 8.25. The van der Waals surface area contributed by atoms with E-state index in [1.807, 2.05) is 0 Å². The second kappa shape index (κ2) is 10.4. The average Bonchev–Trinajstić information content (AvgIpc) is 2.68. The molecule has 39 heavy (non-hydrogen) atoms. The van der Waals surface area contributed by atoms with Crippen LogP contribution >= 0.6 is 0 Å². The molecule has 0 nitrogen and oxygen atoms in total. The van der Waals surface area contributed by atoms with Gasteiger partial charge in [-0.2, -0.15) is 0 Å². The lowest BCUT2D eigenvalue weighted by Crippen LogP contribution is -2.33. The van der Waals surface area contributed by atoms with Gasteiger partial charge in [0.15, 0.2) is 0 Å². The van der Waals surface area contributed by atoms with Crippen molar-refractivity contribution in [3.05, 3.63) is 68.8 Å². The molecule has 1 atom stereocenters. The maximum Gasteiger partial charge on any atom is -0.0126 e. The van der Waals surface area contributed by atoms with Crippen molar-refractivity contribution in [2.24, 2.45) is 0 Å². The average molecular weight is 533 g/mol. The molecule has 0 saturated heterocycles. The van der Waals surface area contributed by atoms with Crippen LogP contribution in [-0.4, -0.2) is 0 Å². The van der Waals surface area contributed by atoms with E-state index in [0.717, 1.165) is 6.42 Å². The van der Waals surface area contributed by atoms with Crippen LogP contribution in [0.15, 0.2) is 24.3 Å². The molecule has 0 bridgehead atoms. The molecule has 0 heteroatoms. The largest absolute Gasteiger partial charge is 0.0582 e. The smallest absolute Gasteiger partial charge is 0.0126 e. The highest BCUT2D eigenvalue weighted by atomic mass is 14.4. The Balaban J connectivity index is 3.02. The summed E-state index contributed by atoms with van der Waals surface area (Å²) in [6, 6.07) is 9.93. The SMILES string of the molecule is CC(Cc1cc(C(C)(C)C)c(C(C)(C)C)c(C(C)(C)C)c1C(C)(C)C)c1cc(C(C)(C)C)ccc1C(C)(C)C. The molecule has 0 fully saturated rings. The van der Waals surface area contributed by atoms with Gasteiger partial charge in [0.25, 0.3) is 0 Å². The fourth-order valence-corrected chi connectivity index (χ4v) is 6.44. The predicted octanol–water partition coefficient (Wildman–Crippen LogP) is 11.8. The van der Waals surface area contributed by atoms with Crippen LogP contribution < -0.4 is 0 Å². The van der Waals surface area contributed by atoms with E-state index in [4.69, 9.17) is 0 Å². The van der Waals surface area contributed by atoms with Crippen LogP contribution in [0.25, 0.3) is 0 Å². The van der Waals surface area contributed by atoms with E-state index in [1.54, 1.807) is 22.3 Å². The molecule has 0 aromatic heterocycles. The van der Waals surface area contributed by atoms with Crippen molar-refractivity contribution in [2.75, 3.05) is 0 Å². The summed E-state index contributed by atoms with van der Waals surface area (Å²) in [6.45, 7) is 45.6. The van der Waals surface area contributed by atoms with Gasteiger partial charge in [-0.05, 0) is 89.3 Å². The summed E-state index contributed by atoms with van der Waals surface area (Å²) in [6.07, 6.45) is 1.06. The fourth-order valence-electron chi connectivity index (χ4n) is 6.44. The second-order valence-corrected chi connectivity index (χ2v) is 18.6. The van der Waals surface area contributed by atoms with Crippen molar-refractivity contribution >= 4 is 0 Å². The van der Waals surface area contributed by atoms with E-state index >= 15 is 0 Å². The van der Waals surface area contributed by atoms with Crippen LogP contribution in [0.5, 0.6) is 0 Å². The Morgan fingerprint density at radius 3 is 1.26 bits per heavy atom. The first-order chi connectivity index (χ1) is 17.1. The fraction of sp³-hybridized carbons (Fsp3) is 0.692. The quantitative estimate of drug-likeness (QED) is 0.369. The Morgan fingerprint density at radius 1 is 0.462 bits per heavy atom. The molecule has 0 N–H and O–H groups in total. The Hall–Kier alpha value is -1.56. The molecule has 0 amide bonds. The Labute approximate surface area is 244 Å². The molecule has 0 aliphatic rings. The zero-order valence-electron chi connectivity index (χ0n) is 29.6. The predicted molar refractivity (Wildman–Crippen MR) is 177 cm³/mol. The van der Waals surface area contributed by atoms with Gasteiger partial charge in [-0.3, -0.25) is 0 Å². The van der Waals surface area contributed by atoms with Gasteiger partial charge in [0, 0.05) is 0 Å². The van der Waals surface area contributed by atoms with E-state index in [2.05, 4.69) is 156 Å². The van der Waals surface area contributed by atoms with Gasteiger partial charge >= 0.3 is 0 Å². The lowest BCUT2D eigenvalue weighted by Gasteiger charge is -2.42. The van der Waals surface area contributed by atoms with Gasteiger partial charge in [-0.1, -0.05) is 156 Å². The van der Waals surface area contributed by atoms with E-state index < -0.39 is 0 Å². The Kier molecular flexibility index (Phi) is 8.94. The first-order valence-corrected chi connectivity index (χ1v) is 15.4. The van der Waals surface area contributed by atoms with Crippen molar-refractivity contribution in [1.29, 1.82) is 0 Å². The highest BCUT2D eigenvalue weighted by molar-refractivity contribution is 5.57. The van der Waals surface area contributed by atoms with Crippen molar-refractivity contribution in [2.45, 2.75) is 176 Å². The molecular weight excluding hydrogens is 468 g/mol. The number of benzene rings is 2. The third-order valence-corrected chi connectivity index (χ3v) is 8.25. The summed E-state index contributed by atoms with van der Waals surface area (Å²) in [5.74, 6) is 0.420. The van der Waals surface area contributed by atoms with E-state index in [1.165, 1.54) is 22.3 Å². The maximum absolute atomic E-state index is 2.62.